The zero-order valence-corrected chi connectivity index (χ0v) is 13.3. The fourth-order valence-electron chi connectivity index (χ4n) is 1.98. The number of thiazole rings is 1. The Hall–Kier alpha value is -2.05. The number of aromatic hydroxyl groups is 1. The number of hydrogen-bond donors (Lipinski definition) is 2. The summed E-state index contributed by atoms with van der Waals surface area (Å²) in [5, 5.41) is 13.3. The van der Waals surface area contributed by atoms with Crippen molar-refractivity contribution in [3.63, 3.8) is 0 Å². The van der Waals surface area contributed by atoms with Gasteiger partial charge in [0.15, 0.2) is 0 Å². The van der Waals surface area contributed by atoms with Gasteiger partial charge in [0.2, 0.25) is 5.91 Å². The number of carbonyl (C=O) groups excluding carboxylic acids is 1. The van der Waals surface area contributed by atoms with Crippen LogP contribution >= 0.6 is 23.1 Å². The van der Waals surface area contributed by atoms with E-state index in [4.69, 9.17) is 0 Å². The molecule has 0 spiro atoms. The van der Waals surface area contributed by atoms with Gasteiger partial charge in [-0.2, -0.15) is 0 Å². The van der Waals surface area contributed by atoms with Crippen molar-refractivity contribution in [1.82, 2.24) is 4.98 Å². The monoisotopic (exact) mass is 330 g/mol. The molecule has 0 fully saturated rings. The lowest BCUT2D eigenvalue weighted by Crippen LogP contribution is -2.14. The molecule has 0 aliphatic heterocycles. The molecule has 3 rings (SSSR count). The number of para-hydroxylation sites is 3. The number of nitrogens with zero attached hydrogens (tertiary/aromatic N) is 1. The number of nitrogens with one attached hydrogen (secondary N) is 1. The first-order valence-corrected chi connectivity index (χ1v) is 8.69. The number of phenols is 1. The number of phenolic OH excluding ortho intramolecular Hbond substituents is 1. The van der Waals surface area contributed by atoms with Crippen molar-refractivity contribution in [3.05, 3.63) is 53.5 Å². The molecular weight excluding hydrogens is 316 g/mol. The number of aromatic nitrogens is 1. The molecule has 2 aromatic carbocycles. The van der Waals surface area contributed by atoms with Gasteiger partial charge in [-0.15, -0.1) is 23.1 Å². The molecule has 1 heterocycles. The SMILES string of the molecule is O=C(CSCc1nc2ccccc2s1)Nc1ccccc1O. The third kappa shape index (κ3) is 3.58. The molecule has 6 heteroatoms. The summed E-state index contributed by atoms with van der Waals surface area (Å²) < 4.78 is 1.16. The number of carbonyl (C=O) groups is 1. The first-order valence-electron chi connectivity index (χ1n) is 6.72. The zero-order valence-electron chi connectivity index (χ0n) is 11.7. The van der Waals surface area contributed by atoms with Gasteiger partial charge in [-0.3, -0.25) is 4.79 Å². The summed E-state index contributed by atoms with van der Waals surface area (Å²) in [6.45, 7) is 0. The fraction of sp³-hybridized carbons (Fsp3) is 0.125. The van der Waals surface area contributed by atoms with Crippen LogP contribution in [0.25, 0.3) is 10.2 Å². The van der Waals surface area contributed by atoms with E-state index >= 15 is 0 Å². The second-order valence-electron chi connectivity index (χ2n) is 4.63. The molecule has 112 valence electrons. The molecule has 0 aliphatic carbocycles. The Kier molecular flexibility index (Phi) is 4.60. The highest BCUT2D eigenvalue weighted by Gasteiger charge is 2.08. The minimum atomic E-state index is -0.132. The van der Waals surface area contributed by atoms with E-state index in [0.717, 1.165) is 15.2 Å². The highest BCUT2D eigenvalue weighted by atomic mass is 32.2. The molecule has 22 heavy (non-hydrogen) atoms. The number of anilines is 1. The molecule has 2 N–H and O–H groups in total. The smallest absolute Gasteiger partial charge is 0.234 e. The van der Waals surface area contributed by atoms with Crippen LogP contribution in [0.2, 0.25) is 0 Å². The molecule has 0 aliphatic rings. The van der Waals surface area contributed by atoms with Crippen LogP contribution in [0.1, 0.15) is 5.01 Å². The average molecular weight is 330 g/mol. The van der Waals surface area contributed by atoms with Crippen molar-refractivity contribution >= 4 is 44.9 Å². The minimum absolute atomic E-state index is 0.0759. The maximum absolute atomic E-state index is 11.9. The molecule has 1 amide bonds. The topological polar surface area (TPSA) is 62.2 Å². The van der Waals surface area contributed by atoms with Crippen LogP contribution in [0.15, 0.2) is 48.5 Å². The minimum Gasteiger partial charge on any atom is -0.506 e. The van der Waals surface area contributed by atoms with Crippen molar-refractivity contribution in [2.24, 2.45) is 0 Å². The summed E-state index contributed by atoms with van der Waals surface area (Å²) in [5.41, 5.74) is 1.44. The van der Waals surface area contributed by atoms with E-state index in [2.05, 4.69) is 10.3 Å². The number of thioether (sulfide) groups is 1. The Morgan fingerprint density at radius 2 is 1.95 bits per heavy atom. The molecule has 0 unspecified atom stereocenters. The zero-order chi connectivity index (χ0) is 15.4. The van der Waals surface area contributed by atoms with E-state index in [-0.39, 0.29) is 11.7 Å². The molecule has 0 radical (unpaired) electrons. The van der Waals surface area contributed by atoms with E-state index in [1.807, 2.05) is 24.3 Å². The molecule has 1 aromatic heterocycles. The number of fused-ring (bicyclic) bond motifs is 1. The molecule has 0 saturated carbocycles. The number of hydrogen-bond acceptors (Lipinski definition) is 5. The first-order chi connectivity index (χ1) is 10.7. The van der Waals surface area contributed by atoms with Crippen molar-refractivity contribution in [3.8, 4) is 5.75 Å². The maximum atomic E-state index is 11.9. The van der Waals surface area contributed by atoms with Crippen molar-refractivity contribution in [2.75, 3.05) is 11.1 Å². The third-order valence-corrected chi connectivity index (χ3v) is 5.14. The largest absolute Gasteiger partial charge is 0.506 e. The van der Waals surface area contributed by atoms with Crippen molar-refractivity contribution < 1.29 is 9.90 Å². The van der Waals surface area contributed by atoms with Crippen LogP contribution in [0.4, 0.5) is 5.69 Å². The lowest BCUT2D eigenvalue weighted by Gasteiger charge is -2.06. The Bertz CT molecular complexity index is 768. The summed E-state index contributed by atoms with van der Waals surface area (Å²) in [5.74, 6) is 0.970. The highest BCUT2D eigenvalue weighted by molar-refractivity contribution is 7.99. The highest BCUT2D eigenvalue weighted by Crippen LogP contribution is 2.25. The lowest BCUT2D eigenvalue weighted by atomic mass is 10.3. The van der Waals surface area contributed by atoms with Crippen LogP contribution in [0, 0.1) is 0 Å². The number of benzene rings is 2. The van der Waals surface area contributed by atoms with Gasteiger partial charge in [0.25, 0.3) is 0 Å². The summed E-state index contributed by atoms with van der Waals surface area (Å²) >= 11 is 3.16. The normalized spacial score (nSPS) is 10.7. The van der Waals surface area contributed by atoms with Gasteiger partial charge >= 0.3 is 0 Å². The number of amides is 1. The van der Waals surface area contributed by atoms with E-state index in [1.54, 1.807) is 35.6 Å². The van der Waals surface area contributed by atoms with E-state index in [1.165, 1.54) is 11.8 Å². The van der Waals surface area contributed by atoms with Crippen LogP contribution in [-0.4, -0.2) is 21.8 Å². The van der Waals surface area contributed by atoms with Crippen molar-refractivity contribution in [1.29, 1.82) is 0 Å². The van der Waals surface area contributed by atoms with E-state index in [0.29, 0.717) is 17.2 Å². The molecule has 0 bridgehead atoms. The van der Waals surface area contributed by atoms with Gasteiger partial charge in [-0.05, 0) is 24.3 Å². The molecule has 3 aromatic rings. The van der Waals surface area contributed by atoms with Gasteiger partial charge in [0.05, 0.1) is 21.7 Å². The Morgan fingerprint density at radius 1 is 1.18 bits per heavy atom. The van der Waals surface area contributed by atoms with Crippen LogP contribution in [0.5, 0.6) is 5.75 Å². The van der Waals surface area contributed by atoms with E-state index < -0.39 is 0 Å². The first kappa shape index (κ1) is 14.9. The van der Waals surface area contributed by atoms with Crippen LogP contribution in [0.3, 0.4) is 0 Å². The predicted octanol–water partition coefficient (Wildman–Crippen LogP) is 3.87. The average Bonchev–Trinajstić information content (AvgIpc) is 2.92. The van der Waals surface area contributed by atoms with Gasteiger partial charge in [-0.1, -0.05) is 24.3 Å². The summed E-state index contributed by atoms with van der Waals surface area (Å²) in [4.78, 5) is 16.4. The summed E-state index contributed by atoms with van der Waals surface area (Å²) in [6.07, 6.45) is 0. The summed E-state index contributed by atoms with van der Waals surface area (Å²) in [7, 11) is 0. The standard InChI is InChI=1S/C16H14N2O2S2/c19-13-7-3-1-5-11(13)17-15(20)9-21-10-16-18-12-6-2-4-8-14(12)22-16/h1-8,19H,9-10H2,(H,17,20). The Labute approximate surface area is 136 Å². The number of rotatable bonds is 5. The molecule has 0 atom stereocenters. The maximum Gasteiger partial charge on any atom is 0.234 e. The van der Waals surface area contributed by atoms with Crippen LogP contribution < -0.4 is 5.32 Å². The second-order valence-corrected chi connectivity index (χ2v) is 6.73. The van der Waals surface area contributed by atoms with Gasteiger partial charge in [0.1, 0.15) is 10.8 Å². The Morgan fingerprint density at radius 3 is 2.77 bits per heavy atom. The van der Waals surface area contributed by atoms with E-state index in [9.17, 15) is 9.90 Å². The van der Waals surface area contributed by atoms with Gasteiger partial charge < -0.3 is 10.4 Å². The quantitative estimate of drug-likeness (QED) is 0.697. The van der Waals surface area contributed by atoms with Crippen molar-refractivity contribution in [2.45, 2.75) is 5.75 Å². The third-order valence-electron chi connectivity index (χ3n) is 2.98. The Balaban J connectivity index is 1.52. The van der Waals surface area contributed by atoms with Crippen LogP contribution in [-0.2, 0) is 10.5 Å². The second kappa shape index (κ2) is 6.81. The molecule has 4 nitrogen and oxygen atoms in total. The predicted molar refractivity (Wildman–Crippen MR) is 92.5 cm³/mol. The molecular formula is C16H14N2O2S2. The fourth-order valence-corrected chi connectivity index (χ4v) is 3.83. The molecule has 0 saturated heterocycles. The lowest BCUT2D eigenvalue weighted by molar-refractivity contribution is -0.113. The van der Waals surface area contributed by atoms with Gasteiger partial charge in [0, 0.05) is 5.75 Å². The summed E-state index contributed by atoms with van der Waals surface area (Å²) in [6, 6.07) is 14.7. The van der Waals surface area contributed by atoms with Gasteiger partial charge in [-0.25, -0.2) is 4.98 Å².